The predicted molar refractivity (Wildman–Crippen MR) is 68.8 cm³/mol. The molecule has 2 atom stereocenters. The van der Waals surface area contributed by atoms with Gasteiger partial charge in [0.1, 0.15) is 0 Å². The molecule has 0 aromatic carbocycles. The minimum absolute atomic E-state index is 0.120. The van der Waals surface area contributed by atoms with E-state index in [1.807, 2.05) is 10.9 Å². The lowest BCUT2D eigenvalue weighted by Crippen LogP contribution is -2.38. The van der Waals surface area contributed by atoms with Gasteiger partial charge in [0.15, 0.2) is 0 Å². The Morgan fingerprint density at radius 2 is 2.47 bits per heavy atom. The molecule has 1 aliphatic carbocycles. The second-order valence-electron chi connectivity index (χ2n) is 4.64. The normalized spacial score (nSPS) is 24.5. The monoisotopic (exact) mass is 253 g/mol. The molecular formula is C12H19N3OS. The van der Waals surface area contributed by atoms with E-state index in [1.54, 1.807) is 11.3 Å². The van der Waals surface area contributed by atoms with Crippen molar-refractivity contribution < 1.29 is 4.79 Å². The lowest BCUT2D eigenvalue weighted by atomic mass is 9.85. The molecule has 0 aliphatic heterocycles. The van der Waals surface area contributed by atoms with Crippen LogP contribution in [0.15, 0.2) is 10.9 Å². The first-order valence-electron chi connectivity index (χ1n) is 6.16. The molecule has 0 spiro atoms. The molecule has 0 radical (unpaired) electrons. The summed E-state index contributed by atoms with van der Waals surface area (Å²) in [6.45, 7) is 0.675. The van der Waals surface area contributed by atoms with Crippen LogP contribution >= 0.6 is 11.3 Å². The summed E-state index contributed by atoms with van der Waals surface area (Å²) in [6.07, 6.45) is 4.76. The molecule has 2 unspecified atom stereocenters. The maximum Gasteiger partial charge on any atom is 0.223 e. The van der Waals surface area contributed by atoms with Crippen LogP contribution < -0.4 is 11.1 Å². The molecule has 94 valence electrons. The van der Waals surface area contributed by atoms with Crippen molar-refractivity contribution in [2.75, 3.05) is 6.54 Å². The average Bonchev–Trinajstić information content (AvgIpc) is 2.82. The van der Waals surface area contributed by atoms with Crippen molar-refractivity contribution in [3.8, 4) is 0 Å². The maximum atomic E-state index is 11.9. The SMILES string of the molecule is NC1CCCC(C(=O)NCCc2cscn2)C1. The van der Waals surface area contributed by atoms with E-state index in [0.717, 1.165) is 37.8 Å². The zero-order valence-corrected chi connectivity index (χ0v) is 10.7. The van der Waals surface area contributed by atoms with Crippen LogP contribution in [0.5, 0.6) is 0 Å². The van der Waals surface area contributed by atoms with Gasteiger partial charge < -0.3 is 11.1 Å². The van der Waals surface area contributed by atoms with Crippen molar-refractivity contribution in [1.82, 2.24) is 10.3 Å². The van der Waals surface area contributed by atoms with Crippen LogP contribution in [0.2, 0.25) is 0 Å². The van der Waals surface area contributed by atoms with Gasteiger partial charge in [0.05, 0.1) is 11.2 Å². The van der Waals surface area contributed by atoms with Gasteiger partial charge in [-0.15, -0.1) is 11.3 Å². The van der Waals surface area contributed by atoms with Crippen molar-refractivity contribution in [2.45, 2.75) is 38.1 Å². The predicted octanol–water partition coefficient (Wildman–Crippen LogP) is 1.32. The number of amides is 1. The quantitative estimate of drug-likeness (QED) is 0.850. The van der Waals surface area contributed by atoms with Crippen molar-refractivity contribution in [1.29, 1.82) is 0 Å². The molecule has 1 amide bonds. The van der Waals surface area contributed by atoms with E-state index in [4.69, 9.17) is 5.73 Å². The summed E-state index contributed by atoms with van der Waals surface area (Å²) >= 11 is 1.59. The topological polar surface area (TPSA) is 68.0 Å². The summed E-state index contributed by atoms with van der Waals surface area (Å²) in [5.41, 5.74) is 8.75. The summed E-state index contributed by atoms with van der Waals surface area (Å²) in [7, 11) is 0. The number of thiazole rings is 1. The first kappa shape index (κ1) is 12.5. The van der Waals surface area contributed by atoms with Crippen LogP contribution in [-0.2, 0) is 11.2 Å². The molecule has 17 heavy (non-hydrogen) atoms. The Labute approximate surface area is 106 Å². The van der Waals surface area contributed by atoms with Gasteiger partial charge in [-0.25, -0.2) is 4.98 Å². The molecule has 3 N–H and O–H groups in total. The van der Waals surface area contributed by atoms with E-state index in [0.29, 0.717) is 6.54 Å². The summed E-state index contributed by atoms with van der Waals surface area (Å²) in [6, 6.07) is 0.207. The van der Waals surface area contributed by atoms with Gasteiger partial charge in [-0.3, -0.25) is 4.79 Å². The number of nitrogens with two attached hydrogens (primary N) is 1. The van der Waals surface area contributed by atoms with Gasteiger partial charge in [0.25, 0.3) is 0 Å². The van der Waals surface area contributed by atoms with Gasteiger partial charge in [-0.2, -0.15) is 0 Å². The zero-order chi connectivity index (χ0) is 12.1. The van der Waals surface area contributed by atoms with Crippen molar-refractivity contribution in [3.05, 3.63) is 16.6 Å². The number of rotatable bonds is 4. The second-order valence-corrected chi connectivity index (χ2v) is 5.36. The number of nitrogens with one attached hydrogen (secondary N) is 1. The Morgan fingerprint density at radius 3 is 3.18 bits per heavy atom. The van der Waals surface area contributed by atoms with Gasteiger partial charge in [-0.05, 0) is 19.3 Å². The van der Waals surface area contributed by atoms with E-state index in [9.17, 15) is 4.79 Å². The summed E-state index contributed by atoms with van der Waals surface area (Å²) in [5.74, 6) is 0.282. The van der Waals surface area contributed by atoms with E-state index in [1.165, 1.54) is 0 Å². The smallest absolute Gasteiger partial charge is 0.223 e. The number of hydrogen-bond acceptors (Lipinski definition) is 4. The first-order chi connectivity index (χ1) is 8.25. The van der Waals surface area contributed by atoms with E-state index in [2.05, 4.69) is 10.3 Å². The van der Waals surface area contributed by atoms with E-state index < -0.39 is 0 Å². The van der Waals surface area contributed by atoms with Gasteiger partial charge in [0.2, 0.25) is 5.91 Å². The van der Waals surface area contributed by atoms with Gasteiger partial charge in [0, 0.05) is 30.3 Å². The number of carbonyl (C=O) groups excluding carboxylic acids is 1. The molecule has 4 nitrogen and oxygen atoms in total. The number of carbonyl (C=O) groups is 1. The maximum absolute atomic E-state index is 11.9. The molecule has 1 saturated carbocycles. The third kappa shape index (κ3) is 3.78. The zero-order valence-electron chi connectivity index (χ0n) is 9.89. The van der Waals surface area contributed by atoms with Crippen LogP contribution in [-0.4, -0.2) is 23.5 Å². The van der Waals surface area contributed by atoms with Crippen LogP contribution in [0, 0.1) is 5.92 Å². The third-order valence-electron chi connectivity index (χ3n) is 3.25. The molecule has 2 rings (SSSR count). The number of hydrogen-bond donors (Lipinski definition) is 2. The first-order valence-corrected chi connectivity index (χ1v) is 7.10. The lowest BCUT2D eigenvalue weighted by Gasteiger charge is -2.25. The molecule has 5 heteroatoms. The standard InChI is InChI=1S/C12H19N3OS/c13-10-3-1-2-9(6-10)12(16)14-5-4-11-7-17-8-15-11/h7-10H,1-6,13H2,(H,14,16). The average molecular weight is 253 g/mol. The Morgan fingerprint density at radius 1 is 1.59 bits per heavy atom. The summed E-state index contributed by atoms with van der Waals surface area (Å²) in [4.78, 5) is 16.1. The Hall–Kier alpha value is -0.940. The fourth-order valence-electron chi connectivity index (χ4n) is 2.28. The molecular weight excluding hydrogens is 234 g/mol. The highest BCUT2D eigenvalue weighted by molar-refractivity contribution is 7.07. The third-order valence-corrected chi connectivity index (χ3v) is 3.88. The minimum atomic E-state index is 0.120. The lowest BCUT2D eigenvalue weighted by molar-refractivity contribution is -0.126. The van der Waals surface area contributed by atoms with Crippen molar-refractivity contribution >= 4 is 17.2 Å². The van der Waals surface area contributed by atoms with Crippen LogP contribution in [0.3, 0.4) is 0 Å². The number of aromatic nitrogens is 1. The Kier molecular flexibility index (Phi) is 4.50. The summed E-state index contributed by atoms with van der Waals surface area (Å²) < 4.78 is 0. The summed E-state index contributed by atoms with van der Waals surface area (Å²) in [5, 5.41) is 5.00. The molecule has 1 aromatic rings. The van der Waals surface area contributed by atoms with Crippen molar-refractivity contribution in [2.24, 2.45) is 11.7 Å². The second kappa shape index (κ2) is 6.12. The van der Waals surface area contributed by atoms with Crippen LogP contribution in [0.1, 0.15) is 31.4 Å². The minimum Gasteiger partial charge on any atom is -0.355 e. The molecule has 1 fully saturated rings. The van der Waals surface area contributed by atoms with E-state index in [-0.39, 0.29) is 17.9 Å². The fraction of sp³-hybridized carbons (Fsp3) is 0.667. The van der Waals surface area contributed by atoms with Crippen LogP contribution in [0.25, 0.3) is 0 Å². The van der Waals surface area contributed by atoms with Gasteiger partial charge in [-0.1, -0.05) is 6.42 Å². The molecule has 0 saturated heterocycles. The van der Waals surface area contributed by atoms with Crippen LogP contribution in [0.4, 0.5) is 0 Å². The molecule has 0 bridgehead atoms. The number of nitrogens with zero attached hydrogens (tertiary/aromatic N) is 1. The van der Waals surface area contributed by atoms with Gasteiger partial charge >= 0.3 is 0 Å². The van der Waals surface area contributed by atoms with E-state index >= 15 is 0 Å². The fourth-order valence-corrected chi connectivity index (χ4v) is 2.88. The highest BCUT2D eigenvalue weighted by atomic mass is 32.1. The Balaban J connectivity index is 1.70. The Bertz CT molecular complexity index is 353. The molecule has 1 heterocycles. The largest absolute Gasteiger partial charge is 0.355 e. The highest BCUT2D eigenvalue weighted by Gasteiger charge is 2.24. The van der Waals surface area contributed by atoms with Crippen molar-refractivity contribution in [3.63, 3.8) is 0 Å². The highest BCUT2D eigenvalue weighted by Crippen LogP contribution is 2.22. The molecule has 1 aromatic heterocycles. The molecule has 1 aliphatic rings.